The summed E-state index contributed by atoms with van der Waals surface area (Å²) in [6.45, 7) is 1.23. The smallest absolute Gasteiger partial charge is 0.348 e. The highest BCUT2D eigenvalue weighted by Crippen LogP contribution is 2.42. The lowest BCUT2D eigenvalue weighted by Gasteiger charge is -2.15. The molecule has 2 aromatic rings. The number of hydrogen-bond acceptors (Lipinski definition) is 6. The van der Waals surface area contributed by atoms with E-state index in [2.05, 4.69) is 12.2 Å². The third kappa shape index (κ3) is 8.57. The molecule has 0 bridgehead atoms. The molecule has 204 valence electrons. The molecular formula is C27H34Cl3NO5S. The number of alkyl halides is 1. The summed E-state index contributed by atoms with van der Waals surface area (Å²) in [5.74, 6) is -0.341. The first-order chi connectivity index (χ1) is 17.7. The second-order valence-electron chi connectivity index (χ2n) is 9.45. The van der Waals surface area contributed by atoms with Gasteiger partial charge >= 0.3 is 5.97 Å². The molecule has 0 spiro atoms. The predicted molar refractivity (Wildman–Crippen MR) is 150 cm³/mol. The molecule has 1 fully saturated rings. The maximum Gasteiger partial charge on any atom is 0.348 e. The number of aliphatic hydroxyl groups is 2. The van der Waals surface area contributed by atoms with Crippen molar-refractivity contribution >= 4 is 58.0 Å². The minimum Gasteiger partial charge on any atom is -0.461 e. The number of hydrogen-bond donors (Lipinski definition) is 3. The summed E-state index contributed by atoms with van der Waals surface area (Å²) in [5, 5.41) is 22.0. The number of ether oxygens (including phenoxy) is 1. The van der Waals surface area contributed by atoms with Crippen LogP contribution >= 0.6 is 46.1 Å². The van der Waals surface area contributed by atoms with Crippen molar-refractivity contribution in [3.05, 3.63) is 43.6 Å². The van der Waals surface area contributed by atoms with Crippen molar-refractivity contribution in [3.8, 4) is 11.1 Å². The third-order valence-electron chi connectivity index (χ3n) is 6.56. The van der Waals surface area contributed by atoms with Gasteiger partial charge in [0, 0.05) is 20.8 Å². The van der Waals surface area contributed by atoms with Gasteiger partial charge in [0.05, 0.1) is 30.7 Å². The molecule has 1 aliphatic rings. The van der Waals surface area contributed by atoms with E-state index in [1.165, 1.54) is 11.3 Å². The minimum atomic E-state index is -0.733. The van der Waals surface area contributed by atoms with Gasteiger partial charge in [0.15, 0.2) is 0 Å². The van der Waals surface area contributed by atoms with Crippen LogP contribution in [0.25, 0.3) is 11.1 Å². The highest BCUT2D eigenvalue weighted by molar-refractivity contribution is 7.14. The fourth-order valence-corrected chi connectivity index (χ4v) is 6.85. The normalized spacial score (nSPS) is 17.4. The van der Waals surface area contributed by atoms with Gasteiger partial charge in [-0.05, 0) is 73.8 Å². The predicted octanol–water partition coefficient (Wildman–Crippen LogP) is 6.03. The molecule has 0 saturated heterocycles. The van der Waals surface area contributed by atoms with E-state index in [0.717, 1.165) is 66.5 Å². The van der Waals surface area contributed by atoms with E-state index in [1.807, 2.05) is 12.1 Å². The van der Waals surface area contributed by atoms with Gasteiger partial charge in [-0.2, -0.15) is 0 Å². The van der Waals surface area contributed by atoms with Gasteiger partial charge in [0.25, 0.3) is 0 Å². The fraction of sp³-hybridized carbons (Fsp3) is 0.556. The molecule has 0 aliphatic heterocycles. The van der Waals surface area contributed by atoms with Crippen LogP contribution in [-0.4, -0.2) is 53.3 Å². The van der Waals surface area contributed by atoms with Crippen LogP contribution in [-0.2, 0) is 22.4 Å². The number of aryl methyl sites for hydroxylation is 2. The highest BCUT2D eigenvalue weighted by atomic mass is 35.5. The fourth-order valence-electron chi connectivity index (χ4n) is 4.67. The van der Waals surface area contributed by atoms with Crippen molar-refractivity contribution in [3.63, 3.8) is 0 Å². The van der Waals surface area contributed by atoms with E-state index >= 15 is 0 Å². The second kappa shape index (κ2) is 14.7. The van der Waals surface area contributed by atoms with Crippen molar-refractivity contribution in [1.82, 2.24) is 5.32 Å². The minimum absolute atomic E-state index is 0.0697. The summed E-state index contributed by atoms with van der Waals surface area (Å²) in [7, 11) is 0. The molecule has 0 radical (unpaired) electrons. The Morgan fingerprint density at radius 3 is 2.57 bits per heavy atom. The Bertz CT molecular complexity index is 1070. The number of aliphatic hydroxyl groups excluding tert-OH is 2. The molecule has 1 aromatic carbocycles. The summed E-state index contributed by atoms with van der Waals surface area (Å²) in [5.41, 5.74) is 2.89. The van der Waals surface area contributed by atoms with E-state index in [9.17, 15) is 9.59 Å². The average molecular weight is 591 g/mol. The van der Waals surface area contributed by atoms with Crippen LogP contribution in [0.15, 0.2) is 18.2 Å². The molecule has 3 rings (SSSR count). The lowest BCUT2D eigenvalue weighted by molar-refractivity contribution is -0.123. The van der Waals surface area contributed by atoms with Crippen molar-refractivity contribution in [1.29, 1.82) is 0 Å². The van der Waals surface area contributed by atoms with Crippen molar-refractivity contribution in [2.75, 3.05) is 19.8 Å². The molecule has 1 heterocycles. The molecule has 1 saturated carbocycles. The van der Waals surface area contributed by atoms with Crippen molar-refractivity contribution < 1.29 is 24.5 Å². The Morgan fingerprint density at radius 2 is 1.92 bits per heavy atom. The van der Waals surface area contributed by atoms with Gasteiger partial charge in [-0.1, -0.05) is 36.5 Å². The van der Waals surface area contributed by atoms with Crippen LogP contribution in [0.2, 0.25) is 10.0 Å². The standard InChI is InChI=1S/C27H34Cl3NO5S/c1-2-3-23-21(13-24(37-23)27(35)36-9-8-25(34)31-20(14-32)15-33)26-17(11-19(29)12-22(26)30)6-4-16-5-7-18(28)10-16/h11-13,16,18,20,32-33H,2-10,14-15H2,1H3,(H,31,34)/t16-,18+/m0/s1. The molecule has 3 N–H and O–H groups in total. The number of benzene rings is 1. The zero-order chi connectivity index (χ0) is 26.9. The monoisotopic (exact) mass is 589 g/mol. The van der Waals surface area contributed by atoms with Crippen LogP contribution in [0.3, 0.4) is 0 Å². The Hall–Kier alpha value is -1.35. The highest BCUT2D eigenvalue weighted by Gasteiger charge is 2.25. The van der Waals surface area contributed by atoms with E-state index in [-0.39, 0.29) is 31.6 Å². The number of esters is 1. The van der Waals surface area contributed by atoms with Crippen LogP contribution < -0.4 is 5.32 Å². The third-order valence-corrected chi connectivity index (χ3v) is 8.65. The van der Waals surface area contributed by atoms with Gasteiger partial charge < -0.3 is 20.3 Å². The summed E-state index contributed by atoms with van der Waals surface area (Å²) in [4.78, 5) is 26.3. The number of nitrogens with one attached hydrogen (secondary N) is 1. The van der Waals surface area contributed by atoms with Crippen LogP contribution in [0.1, 0.15) is 65.6 Å². The SMILES string of the molecule is CCCc1sc(C(=O)OCCC(=O)NC(CO)CO)cc1-c1c(Cl)cc(Cl)cc1CC[C@H]1CC[C@@H](Cl)C1. The van der Waals surface area contributed by atoms with Gasteiger partial charge in [-0.15, -0.1) is 22.9 Å². The van der Waals surface area contributed by atoms with Crippen LogP contribution in [0.4, 0.5) is 0 Å². The molecule has 1 aromatic heterocycles. The van der Waals surface area contributed by atoms with E-state index < -0.39 is 17.9 Å². The maximum absolute atomic E-state index is 12.8. The van der Waals surface area contributed by atoms with Gasteiger partial charge in [0.2, 0.25) is 5.91 Å². The first-order valence-electron chi connectivity index (χ1n) is 12.7. The maximum atomic E-state index is 12.8. The van der Waals surface area contributed by atoms with E-state index in [4.69, 9.17) is 49.8 Å². The van der Waals surface area contributed by atoms with E-state index in [0.29, 0.717) is 20.8 Å². The largest absolute Gasteiger partial charge is 0.461 e. The Labute approximate surface area is 237 Å². The first kappa shape index (κ1) is 30.2. The number of thiophene rings is 1. The molecule has 10 heteroatoms. The quantitative estimate of drug-likeness (QED) is 0.196. The first-order valence-corrected chi connectivity index (χ1v) is 14.7. The second-order valence-corrected chi connectivity index (χ2v) is 12.0. The van der Waals surface area contributed by atoms with Crippen LogP contribution in [0.5, 0.6) is 0 Å². The Morgan fingerprint density at radius 1 is 1.16 bits per heavy atom. The van der Waals surface area contributed by atoms with E-state index in [1.54, 1.807) is 6.07 Å². The summed E-state index contributed by atoms with van der Waals surface area (Å²) in [6.07, 6.45) is 6.66. The molecule has 37 heavy (non-hydrogen) atoms. The molecule has 0 unspecified atom stereocenters. The Kier molecular flexibility index (Phi) is 12.0. The van der Waals surface area contributed by atoms with Gasteiger partial charge in [-0.25, -0.2) is 4.79 Å². The molecular weight excluding hydrogens is 557 g/mol. The average Bonchev–Trinajstić information content (AvgIpc) is 3.47. The molecule has 2 atom stereocenters. The number of carbonyl (C=O) groups is 2. The van der Waals surface area contributed by atoms with Crippen LogP contribution in [0, 0.1) is 5.92 Å². The van der Waals surface area contributed by atoms with Gasteiger partial charge in [-0.3, -0.25) is 4.79 Å². The number of amides is 1. The molecule has 1 aliphatic carbocycles. The zero-order valence-corrected chi connectivity index (χ0v) is 24.0. The molecule has 1 amide bonds. The molecule has 6 nitrogen and oxygen atoms in total. The number of halogens is 3. The van der Waals surface area contributed by atoms with Crippen molar-refractivity contribution in [2.45, 2.75) is 69.7 Å². The van der Waals surface area contributed by atoms with Gasteiger partial charge in [0.1, 0.15) is 11.5 Å². The summed E-state index contributed by atoms with van der Waals surface area (Å²) in [6, 6.07) is 4.80. The number of carbonyl (C=O) groups excluding carboxylic acids is 2. The lowest BCUT2D eigenvalue weighted by Crippen LogP contribution is -2.40. The van der Waals surface area contributed by atoms with Crippen molar-refractivity contribution in [2.24, 2.45) is 5.92 Å². The lowest BCUT2D eigenvalue weighted by atomic mass is 9.92. The topological polar surface area (TPSA) is 95.9 Å². The summed E-state index contributed by atoms with van der Waals surface area (Å²) >= 11 is 20.8. The zero-order valence-electron chi connectivity index (χ0n) is 20.9. The Balaban J connectivity index is 1.76. The summed E-state index contributed by atoms with van der Waals surface area (Å²) < 4.78 is 5.35. The number of rotatable bonds is 13.